The number of ether oxygens (including phenoxy) is 2. The first-order chi connectivity index (χ1) is 7.58. The third kappa shape index (κ3) is 3.76. The van der Waals surface area contributed by atoms with Gasteiger partial charge >= 0.3 is 5.97 Å². The molecule has 1 aliphatic rings. The molecule has 0 spiro atoms. The molecule has 1 aliphatic heterocycles. The minimum Gasteiger partial charge on any atom is -0.464 e. The Labute approximate surface area is 97.5 Å². The van der Waals surface area contributed by atoms with Crippen LogP contribution in [0.4, 0.5) is 0 Å². The molecule has 1 rings (SSSR count). The number of hydrogen-bond donors (Lipinski definition) is 1. The highest BCUT2D eigenvalue weighted by atomic mass is 16.5. The fourth-order valence-electron chi connectivity index (χ4n) is 1.88. The fraction of sp³-hybridized carbons (Fsp3) is 0.917. The van der Waals surface area contributed by atoms with E-state index < -0.39 is 5.54 Å². The minimum absolute atomic E-state index is 0.265. The molecule has 1 heterocycles. The summed E-state index contributed by atoms with van der Waals surface area (Å²) in [4.78, 5) is 11.8. The average molecular weight is 229 g/mol. The van der Waals surface area contributed by atoms with Gasteiger partial charge in [0.25, 0.3) is 0 Å². The number of carbonyl (C=O) groups is 1. The van der Waals surface area contributed by atoms with Crippen molar-refractivity contribution in [3.63, 3.8) is 0 Å². The average Bonchev–Trinajstić information content (AvgIpc) is 2.27. The van der Waals surface area contributed by atoms with Gasteiger partial charge in [-0.1, -0.05) is 20.3 Å². The van der Waals surface area contributed by atoms with Crippen molar-refractivity contribution in [1.29, 1.82) is 0 Å². The van der Waals surface area contributed by atoms with Gasteiger partial charge in [0.05, 0.1) is 6.61 Å². The van der Waals surface area contributed by atoms with E-state index in [-0.39, 0.29) is 5.97 Å². The van der Waals surface area contributed by atoms with E-state index in [2.05, 4.69) is 13.8 Å². The van der Waals surface area contributed by atoms with Crippen molar-refractivity contribution in [3.05, 3.63) is 0 Å². The number of rotatable bonds is 5. The predicted octanol–water partition coefficient (Wildman–Crippen LogP) is 1.47. The van der Waals surface area contributed by atoms with Crippen LogP contribution in [0.25, 0.3) is 0 Å². The van der Waals surface area contributed by atoms with Crippen LogP contribution in [0.3, 0.4) is 0 Å². The van der Waals surface area contributed by atoms with E-state index in [1.165, 1.54) is 0 Å². The molecule has 4 nitrogen and oxygen atoms in total. The topological polar surface area (TPSA) is 61.5 Å². The van der Waals surface area contributed by atoms with Gasteiger partial charge in [-0.2, -0.15) is 0 Å². The van der Waals surface area contributed by atoms with Gasteiger partial charge in [0, 0.05) is 13.2 Å². The molecule has 4 heteroatoms. The van der Waals surface area contributed by atoms with E-state index in [1.807, 2.05) is 0 Å². The summed E-state index contributed by atoms with van der Waals surface area (Å²) in [5, 5.41) is 0. The molecule has 1 atom stereocenters. The van der Waals surface area contributed by atoms with E-state index in [9.17, 15) is 4.79 Å². The molecule has 0 saturated carbocycles. The highest BCUT2D eigenvalue weighted by molar-refractivity contribution is 5.80. The van der Waals surface area contributed by atoms with Crippen molar-refractivity contribution in [2.24, 2.45) is 11.7 Å². The van der Waals surface area contributed by atoms with Gasteiger partial charge in [0.1, 0.15) is 5.54 Å². The molecular formula is C12H23NO3. The van der Waals surface area contributed by atoms with Crippen molar-refractivity contribution in [3.8, 4) is 0 Å². The SMILES string of the molecule is CCCC(C)COC(=O)C1(N)CCOCC1. The molecule has 2 N–H and O–H groups in total. The van der Waals surface area contributed by atoms with E-state index >= 15 is 0 Å². The second-order valence-electron chi connectivity index (χ2n) is 4.76. The van der Waals surface area contributed by atoms with Crippen molar-refractivity contribution in [1.82, 2.24) is 0 Å². The number of carbonyl (C=O) groups excluding carboxylic acids is 1. The van der Waals surface area contributed by atoms with Gasteiger partial charge in [0.15, 0.2) is 0 Å². The van der Waals surface area contributed by atoms with E-state index in [0.717, 1.165) is 12.8 Å². The van der Waals surface area contributed by atoms with Crippen LogP contribution in [0.2, 0.25) is 0 Å². The summed E-state index contributed by atoms with van der Waals surface area (Å²) in [5.41, 5.74) is 5.19. The summed E-state index contributed by atoms with van der Waals surface area (Å²) in [5.74, 6) is 0.149. The lowest BCUT2D eigenvalue weighted by molar-refractivity contribution is -0.155. The van der Waals surface area contributed by atoms with Crippen molar-refractivity contribution >= 4 is 5.97 Å². The van der Waals surface area contributed by atoms with Gasteiger partial charge in [-0.3, -0.25) is 4.79 Å². The largest absolute Gasteiger partial charge is 0.464 e. The van der Waals surface area contributed by atoms with Crippen molar-refractivity contribution in [2.75, 3.05) is 19.8 Å². The van der Waals surface area contributed by atoms with Gasteiger partial charge in [-0.05, 0) is 25.2 Å². The van der Waals surface area contributed by atoms with Crippen LogP contribution in [0.1, 0.15) is 39.5 Å². The van der Waals surface area contributed by atoms with E-state index in [0.29, 0.717) is 38.6 Å². The van der Waals surface area contributed by atoms with Gasteiger partial charge in [-0.15, -0.1) is 0 Å². The Morgan fingerprint density at radius 2 is 2.12 bits per heavy atom. The minimum atomic E-state index is -0.815. The quantitative estimate of drug-likeness (QED) is 0.725. The van der Waals surface area contributed by atoms with Crippen molar-refractivity contribution in [2.45, 2.75) is 45.1 Å². The Morgan fingerprint density at radius 1 is 1.50 bits per heavy atom. The van der Waals surface area contributed by atoms with E-state index in [1.54, 1.807) is 0 Å². The lowest BCUT2D eigenvalue weighted by Gasteiger charge is -2.31. The molecule has 0 aromatic heterocycles. The number of hydrogen-bond acceptors (Lipinski definition) is 4. The van der Waals surface area contributed by atoms with Crippen LogP contribution in [0, 0.1) is 5.92 Å². The standard InChI is InChI=1S/C12H23NO3/c1-3-4-10(2)9-16-11(14)12(13)5-7-15-8-6-12/h10H,3-9,13H2,1-2H3. The molecule has 0 aromatic rings. The third-order valence-corrected chi connectivity index (χ3v) is 3.07. The van der Waals surface area contributed by atoms with Gasteiger partial charge in [-0.25, -0.2) is 0 Å². The highest BCUT2D eigenvalue weighted by Gasteiger charge is 2.37. The first kappa shape index (κ1) is 13.5. The highest BCUT2D eigenvalue weighted by Crippen LogP contribution is 2.19. The van der Waals surface area contributed by atoms with Crippen LogP contribution in [0.5, 0.6) is 0 Å². The monoisotopic (exact) mass is 229 g/mol. The smallest absolute Gasteiger partial charge is 0.326 e. The predicted molar refractivity (Wildman–Crippen MR) is 62.0 cm³/mol. The normalized spacial score (nSPS) is 21.4. The molecular weight excluding hydrogens is 206 g/mol. The van der Waals surface area contributed by atoms with Crippen LogP contribution in [0.15, 0.2) is 0 Å². The summed E-state index contributed by atoms with van der Waals surface area (Å²) in [6.07, 6.45) is 3.32. The summed E-state index contributed by atoms with van der Waals surface area (Å²) in [6, 6.07) is 0. The zero-order valence-corrected chi connectivity index (χ0v) is 10.3. The fourth-order valence-corrected chi connectivity index (χ4v) is 1.88. The molecule has 1 fully saturated rings. The third-order valence-electron chi connectivity index (χ3n) is 3.07. The summed E-state index contributed by atoms with van der Waals surface area (Å²) >= 11 is 0. The Kier molecular flexibility index (Phi) is 5.22. The Morgan fingerprint density at radius 3 is 2.69 bits per heavy atom. The zero-order chi connectivity index (χ0) is 12.0. The molecule has 0 aromatic carbocycles. The van der Waals surface area contributed by atoms with Crippen LogP contribution in [-0.2, 0) is 14.3 Å². The first-order valence-corrected chi connectivity index (χ1v) is 6.12. The van der Waals surface area contributed by atoms with Crippen molar-refractivity contribution < 1.29 is 14.3 Å². The van der Waals surface area contributed by atoms with E-state index in [4.69, 9.17) is 15.2 Å². The lowest BCUT2D eigenvalue weighted by Crippen LogP contribution is -2.53. The first-order valence-electron chi connectivity index (χ1n) is 6.12. The molecule has 1 unspecified atom stereocenters. The lowest BCUT2D eigenvalue weighted by atomic mass is 9.91. The maximum absolute atomic E-state index is 11.8. The molecule has 0 radical (unpaired) electrons. The molecule has 94 valence electrons. The molecule has 0 amide bonds. The maximum atomic E-state index is 11.8. The second kappa shape index (κ2) is 6.21. The zero-order valence-electron chi connectivity index (χ0n) is 10.3. The Balaban J connectivity index is 2.33. The number of esters is 1. The molecule has 0 aliphatic carbocycles. The van der Waals surface area contributed by atoms with Crippen LogP contribution >= 0.6 is 0 Å². The summed E-state index contributed by atoms with van der Waals surface area (Å²) in [7, 11) is 0. The Bertz CT molecular complexity index is 224. The summed E-state index contributed by atoms with van der Waals surface area (Å²) < 4.78 is 10.5. The molecule has 1 saturated heterocycles. The van der Waals surface area contributed by atoms with Crippen LogP contribution < -0.4 is 5.73 Å². The van der Waals surface area contributed by atoms with Gasteiger partial charge < -0.3 is 15.2 Å². The van der Waals surface area contributed by atoms with Crippen LogP contribution in [-0.4, -0.2) is 31.3 Å². The number of nitrogens with two attached hydrogens (primary N) is 1. The molecule has 16 heavy (non-hydrogen) atoms. The summed E-state index contributed by atoms with van der Waals surface area (Å²) in [6.45, 7) is 5.80. The molecule has 0 bridgehead atoms. The van der Waals surface area contributed by atoms with Gasteiger partial charge in [0.2, 0.25) is 0 Å². The maximum Gasteiger partial charge on any atom is 0.326 e. The second-order valence-corrected chi connectivity index (χ2v) is 4.76. The Hall–Kier alpha value is -0.610.